The highest BCUT2D eigenvalue weighted by molar-refractivity contribution is 5.71. The normalized spacial score (nSPS) is 12.0. The van der Waals surface area contributed by atoms with Crippen LogP contribution in [-0.4, -0.2) is 37.2 Å². The molecule has 0 spiro atoms. The highest BCUT2D eigenvalue weighted by Crippen LogP contribution is 2.19. The van der Waals surface area contributed by atoms with E-state index in [0.29, 0.717) is 19.3 Å². The zero-order chi connectivity index (χ0) is 53.6. The van der Waals surface area contributed by atoms with Crippen LogP contribution < -0.4 is 0 Å². The molecule has 0 saturated carbocycles. The van der Waals surface area contributed by atoms with Gasteiger partial charge < -0.3 is 14.2 Å². The van der Waals surface area contributed by atoms with Crippen LogP contribution in [0.3, 0.4) is 0 Å². The largest absolute Gasteiger partial charge is 0.462 e. The Hall–Kier alpha value is -1.85. The zero-order valence-electron chi connectivity index (χ0n) is 50.4. The number of carbonyl (C=O) groups excluding carboxylic acids is 3. The Labute approximate surface area is 462 Å². The van der Waals surface area contributed by atoms with Crippen LogP contribution in [0, 0.1) is 0 Å². The van der Waals surface area contributed by atoms with Gasteiger partial charge in [0.05, 0.1) is 0 Å². The molecule has 0 aliphatic carbocycles. The predicted octanol–water partition coefficient (Wildman–Crippen LogP) is 22.8. The second-order valence-corrected chi connectivity index (χ2v) is 23.1. The van der Waals surface area contributed by atoms with Crippen molar-refractivity contribution in [2.45, 2.75) is 393 Å². The van der Waals surface area contributed by atoms with Gasteiger partial charge in [-0.05, 0) is 44.9 Å². The van der Waals surface area contributed by atoms with Crippen LogP contribution in [-0.2, 0) is 28.6 Å². The molecule has 0 radical (unpaired) electrons. The maximum absolute atomic E-state index is 12.9. The second kappa shape index (κ2) is 63.7. The van der Waals surface area contributed by atoms with Crippen molar-refractivity contribution in [2.75, 3.05) is 13.2 Å². The SMILES string of the molecule is CCCCCCCCCC/C=C\CCCCCCCCCCCCCCCCCC(=O)OCC(COC(=O)CCCCCCCCC)OC(=O)CCCCCCCCCCCCCCCCCCCCCCCC. The minimum absolute atomic E-state index is 0.0635. The second-order valence-electron chi connectivity index (χ2n) is 23.1. The monoisotopic (exact) mass is 1040 g/mol. The first kappa shape index (κ1) is 72.2. The minimum Gasteiger partial charge on any atom is -0.462 e. The first-order valence-corrected chi connectivity index (χ1v) is 33.7. The van der Waals surface area contributed by atoms with E-state index in [-0.39, 0.29) is 31.1 Å². The Kier molecular flexibility index (Phi) is 62.1. The van der Waals surface area contributed by atoms with Gasteiger partial charge in [0.1, 0.15) is 13.2 Å². The van der Waals surface area contributed by atoms with Gasteiger partial charge >= 0.3 is 17.9 Å². The fourth-order valence-electron chi connectivity index (χ4n) is 10.4. The summed E-state index contributed by atoms with van der Waals surface area (Å²) in [6.45, 7) is 6.68. The van der Waals surface area contributed by atoms with E-state index in [1.807, 2.05) is 0 Å². The number of hydrogen-bond acceptors (Lipinski definition) is 6. The van der Waals surface area contributed by atoms with Gasteiger partial charge in [-0.25, -0.2) is 0 Å². The van der Waals surface area contributed by atoms with Crippen molar-refractivity contribution in [3.8, 4) is 0 Å². The molecule has 1 atom stereocenters. The van der Waals surface area contributed by atoms with E-state index in [0.717, 1.165) is 57.8 Å². The van der Waals surface area contributed by atoms with Crippen molar-refractivity contribution in [3.63, 3.8) is 0 Å². The third-order valence-corrected chi connectivity index (χ3v) is 15.5. The lowest BCUT2D eigenvalue weighted by Gasteiger charge is -2.18. The number of ether oxygens (including phenoxy) is 3. The van der Waals surface area contributed by atoms with Crippen LogP contribution in [0.15, 0.2) is 12.2 Å². The lowest BCUT2D eigenvalue weighted by Crippen LogP contribution is -2.30. The van der Waals surface area contributed by atoms with Gasteiger partial charge in [-0.1, -0.05) is 335 Å². The van der Waals surface area contributed by atoms with Gasteiger partial charge in [0, 0.05) is 19.3 Å². The van der Waals surface area contributed by atoms with E-state index >= 15 is 0 Å². The molecular formula is C68H130O6. The standard InChI is InChI=1S/C68H130O6/c1-4-7-10-13-16-18-20-22-24-26-28-30-32-33-34-35-36-38-39-41-43-45-47-49-52-55-58-61-67(70)73-64-65(63-72-66(69)60-57-54-51-15-12-9-6-3)74-68(71)62-59-56-53-50-48-46-44-42-40-37-31-29-27-25-23-21-19-17-14-11-8-5-2/h26,28,65H,4-25,27,29-64H2,1-3H3/b28-26-. The molecular weight excluding hydrogens is 913 g/mol. The summed E-state index contributed by atoms with van der Waals surface area (Å²) in [7, 11) is 0. The van der Waals surface area contributed by atoms with Crippen LogP contribution in [0.1, 0.15) is 387 Å². The maximum atomic E-state index is 12.9. The fourth-order valence-corrected chi connectivity index (χ4v) is 10.4. The van der Waals surface area contributed by atoms with Crippen LogP contribution in [0.2, 0.25) is 0 Å². The molecule has 0 N–H and O–H groups in total. The summed E-state index contributed by atoms with van der Waals surface area (Å²) in [4.78, 5) is 38.1. The molecule has 0 aromatic rings. The number of esters is 3. The van der Waals surface area contributed by atoms with E-state index in [9.17, 15) is 14.4 Å². The smallest absolute Gasteiger partial charge is 0.306 e. The average Bonchev–Trinajstić information content (AvgIpc) is 3.40. The van der Waals surface area contributed by atoms with Crippen molar-refractivity contribution in [2.24, 2.45) is 0 Å². The van der Waals surface area contributed by atoms with Gasteiger partial charge in [-0.15, -0.1) is 0 Å². The van der Waals surface area contributed by atoms with E-state index < -0.39 is 6.10 Å². The molecule has 6 heteroatoms. The molecule has 0 aliphatic heterocycles. The highest BCUT2D eigenvalue weighted by atomic mass is 16.6. The van der Waals surface area contributed by atoms with Crippen molar-refractivity contribution < 1.29 is 28.6 Å². The number of rotatable bonds is 63. The Balaban J connectivity index is 4.03. The number of unbranched alkanes of at least 4 members (excludes halogenated alkanes) is 50. The number of hydrogen-bond donors (Lipinski definition) is 0. The quantitative estimate of drug-likeness (QED) is 0.0261. The average molecular weight is 1040 g/mol. The molecule has 0 saturated heterocycles. The highest BCUT2D eigenvalue weighted by Gasteiger charge is 2.19. The van der Waals surface area contributed by atoms with Crippen molar-refractivity contribution in [1.29, 1.82) is 0 Å². The molecule has 0 rings (SSSR count). The Morgan fingerprint density at radius 3 is 0.676 bits per heavy atom. The summed E-state index contributed by atoms with van der Waals surface area (Å²) in [5.74, 6) is -0.840. The molecule has 0 bridgehead atoms. The fraction of sp³-hybridized carbons (Fsp3) is 0.926. The van der Waals surface area contributed by atoms with Crippen molar-refractivity contribution >= 4 is 17.9 Å². The summed E-state index contributed by atoms with van der Waals surface area (Å²) >= 11 is 0. The lowest BCUT2D eigenvalue weighted by atomic mass is 10.0. The van der Waals surface area contributed by atoms with E-state index in [2.05, 4.69) is 32.9 Å². The Morgan fingerprint density at radius 1 is 0.257 bits per heavy atom. The topological polar surface area (TPSA) is 78.9 Å². The summed E-state index contributed by atoms with van der Waals surface area (Å²) in [5, 5.41) is 0. The van der Waals surface area contributed by atoms with Crippen LogP contribution in [0.25, 0.3) is 0 Å². The Bertz CT molecular complexity index is 1150. The van der Waals surface area contributed by atoms with Gasteiger partial charge in [-0.3, -0.25) is 14.4 Å². The molecule has 1 unspecified atom stereocenters. The van der Waals surface area contributed by atoms with Gasteiger partial charge in [0.15, 0.2) is 6.10 Å². The molecule has 438 valence electrons. The summed E-state index contributed by atoms with van der Waals surface area (Å²) in [6.07, 6.45) is 75.5. The minimum atomic E-state index is -0.763. The van der Waals surface area contributed by atoms with E-state index in [1.165, 1.54) is 289 Å². The van der Waals surface area contributed by atoms with Crippen LogP contribution in [0.5, 0.6) is 0 Å². The molecule has 0 heterocycles. The summed E-state index contributed by atoms with van der Waals surface area (Å²) < 4.78 is 16.9. The van der Waals surface area contributed by atoms with Crippen LogP contribution >= 0.6 is 0 Å². The van der Waals surface area contributed by atoms with Gasteiger partial charge in [-0.2, -0.15) is 0 Å². The van der Waals surface area contributed by atoms with Crippen LogP contribution in [0.4, 0.5) is 0 Å². The molecule has 0 fully saturated rings. The molecule has 6 nitrogen and oxygen atoms in total. The van der Waals surface area contributed by atoms with Crippen molar-refractivity contribution in [1.82, 2.24) is 0 Å². The summed E-state index contributed by atoms with van der Waals surface area (Å²) in [5.41, 5.74) is 0. The van der Waals surface area contributed by atoms with Crippen molar-refractivity contribution in [3.05, 3.63) is 12.2 Å². The zero-order valence-corrected chi connectivity index (χ0v) is 50.4. The maximum Gasteiger partial charge on any atom is 0.306 e. The molecule has 0 amide bonds. The summed E-state index contributed by atoms with van der Waals surface area (Å²) in [6, 6.07) is 0. The van der Waals surface area contributed by atoms with Gasteiger partial charge in [0.25, 0.3) is 0 Å². The lowest BCUT2D eigenvalue weighted by molar-refractivity contribution is -0.167. The number of allylic oxidation sites excluding steroid dienone is 2. The first-order chi connectivity index (χ1) is 36.5. The first-order valence-electron chi connectivity index (χ1n) is 33.7. The molecule has 0 aliphatic rings. The predicted molar refractivity (Wildman–Crippen MR) is 321 cm³/mol. The third kappa shape index (κ3) is 61.0. The molecule has 74 heavy (non-hydrogen) atoms. The number of carbonyl (C=O) groups is 3. The van der Waals surface area contributed by atoms with E-state index in [1.54, 1.807) is 0 Å². The molecule has 0 aromatic heterocycles. The van der Waals surface area contributed by atoms with E-state index in [4.69, 9.17) is 14.2 Å². The third-order valence-electron chi connectivity index (χ3n) is 15.5. The Morgan fingerprint density at radius 2 is 0.446 bits per heavy atom. The van der Waals surface area contributed by atoms with Gasteiger partial charge in [0.2, 0.25) is 0 Å². The molecule has 0 aromatic carbocycles.